The summed E-state index contributed by atoms with van der Waals surface area (Å²) >= 11 is 0. The van der Waals surface area contributed by atoms with Crippen molar-refractivity contribution < 1.29 is 25.8 Å². The van der Waals surface area contributed by atoms with Gasteiger partial charge in [0.15, 0.2) is 0 Å². The summed E-state index contributed by atoms with van der Waals surface area (Å²) < 4.78 is 10.5. The first-order valence-corrected chi connectivity index (χ1v) is 15.3. The topological polar surface area (TPSA) is 44.9 Å². The van der Waals surface area contributed by atoms with E-state index in [0.29, 0.717) is 11.5 Å². The largest absolute Gasteiger partial charge is 2.00 e. The molecule has 0 N–H and O–H groups in total. The summed E-state index contributed by atoms with van der Waals surface area (Å²) in [5.74, 6) is 2.03. The fourth-order valence-corrected chi connectivity index (χ4v) is 6.31. The average molecular weight is 790 g/mol. The second kappa shape index (κ2) is 12.5. The van der Waals surface area contributed by atoms with Crippen molar-refractivity contribution in [1.82, 2.24) is 19.3 Å². The van der Waals surface area contributed by atoms with Crippen molar-refractivity contribution in [3.8, 4) is 45.3 Å². The van der Waals surface area contributed by atoms with Gasteiger partial charge in [0.2, 0.25) is 0 Å². The summed E-state index contributed by atoms with van der Waals surface area (Å²) in [4.78, 5) is 4.75. The van der Waals surface area contributed by atoms with Gasteiger partial charge in [0.25, 0.3) is 0 Å². The molecule has 0 saturated heterocycles. The number of aromatic nitrogens is 4. The Morgan fingerprint density at radius 2 is 1.38 bits per heavy atom. The molecular weight excluding hydrogens is 760 g/mol. The normalized spacial score (nSPS) is 11.1. The second-order valence-corrected chi connectivity index (χ2v) is 11.5. The quantitative estimate of drug-likeness (QED) is 0.158. The zero-order valence-electron chi connectivity index (χ0n) is 26.1. The molecule has 5 aromatic carbocycles. The molecule has 0 spiro atoms. The Morgan fingerprint density at radius 3 is 2.15 bits per heavy atom. The van der Waals surface area contributed by atoms with Crippen LogP contribution in [0.2, 0.25) is 0 Å². The molecule has 0 unspecified atom stereocenters. The SMILES string of the molecule is Cc1ccnc(-n2c3[c-]c(Oc4[c-]c(-n5nc(C)c(-c6ccccc6)c5C)ccc4)ccc3c3cc(-c4ccccc4)ccc32)c1.[Pt+2]. The van der Waals surface area contributed by atoms with Crippen LogP contribution < -0.4 is 4.74 Å². The van der Waals surface area contributed by atoms with E-state index >= 15 is 0 Å². The molecule has 0 fully saturated rings. The van der Waals surface area contributed by atoms with Gasteiger partial charge in [-0.1, -0.05) is 78.3 Å². The van der Waals surface area contributed by atoms with E-state index in [1.165, 1.54) is 5.56 Å². The zero-order valence-corrected chi connectivity index (χ0v) is 28.4. The molecule has 0 aliphatic carbocycles. The molecule has 0 bridgehead atoms. The van der Waals surface area contributed by atoms with E-state index in [1.807, 2.05) is 60.3 Å². The average Bonchev–Trinajstić information content (AvgIpc) is 3.57. The molecular formula is C41H30N4OPt. The number of hydrogen-bond donors (Lipinski definition) is 0. The van der Waals surface area contributed by atoms with Gasteiger partial charge in [0, 0.05) is 34.5 Å². The van der Waals surface area contributed by atoms with E-state index in [2.05, 4.69) is 109 Å². The van der Waals surface area contributed by atoms with Crippen molar-refractivity contribution in [3.05, 3.63) is 157 Å². The minimum atomic E-state index is 0. The Bertz CT molecular complexity index is 2380. The van der Waals surface area contributed by atoms with Crippen LogP contribution in [0.15, 0.2) is 128 Å². The van der Waals surface area contributed by atoms with Gasteiger partial charge in [-0.2, -0.15) is 17.2 Å². The Balaban J connectivity index is 0.00000351. The van der Waals surface area contributed by atoms with Crippen LogP contribution >= 0.6 is 0 Å². The molecule has 3 aromatic heterocycles. The number of rotatable bonds is 6. The molecule has 0 amide bonds. The van der Waals surface area contributed by atoms with Gasteiger partial charge >= 0.3 is 21.1 Å². The van der Waals surface area contributed by atoms with Crippen LogP contribution in [-0.4, -0.2) is 19.3 Å². The van der Waals surface area contributed by atoms with Crippen molar-refractivity contribution in [3.63, 3.8) is 0 Å². The van der Waals surface area contributed by atoms with E-state index in [0.717, 1.165) is 67.0 Å². The fraction of sp³-hybridized carbons (Fsp3) is 0.0732. The standard InChI is InChI=1S/C41H30N4O.Pt/c1-27-21-22-42-40(23-27)44-38-20-17-32(30-11-6-4-7-12-30)24-37(38)36-19-18-35(26-39(36)44)46-34-16-10-15-33(25-34)45-29(3)41(28(2)43-45)31-13-8-5-9-14-31;/h4-24H,1-3H3;/q-2;+2. The third-order valence-corrected chi connectivity index (χ3v) is 8.44. The van der Waals surface area contributed by atoms with Gasteiger partial charge in [0.05, 0.1) is 5.69 Å². The first-order valence-electron chi connectivity index (χ1n) is 15.3. The van der Waals surface area contributed by atoms with Gasteiger partial charge in [-0.15, -0.1) is 35.7 Å². The third-order valence-electron chi connectivity index (χ3n) is 8.44. The molecule has 0 atom stereocenters. The maximum atomic E-state index is 6.43. The molecule has 8 aromatic rings. The summed E-state index contributed by atoms with van der Waals surface area (Å²) in [5.41, 5.74) is 10.6. The molecule has 6 heteroatoms. The molecule has 3 heterocycles. The van der Waals surface area contributed by atoms with Crippen LogP contribution in [0, 0.1) is 32.9 Å². The molecule has 8 rings (SSSR count). The van der Waals surface area contributed by atoms with Crippen molar-refractivity contribution in [2.75, 3.05) is 0 Å². The number of fused-ring (bicyclic) bond motifs is 3. The van der Waals surface area contributed by atoms with Crippen LogP contribution in [0.4, 0.5) is 0 Å². The Labute approximate surface area is 288 Å². The molecule has 0 radical (unpaired) electrons. The van der Waals surface area contributed by atoms with Crippen LogP contribution in [0.5, 0.6) is 11.5 Å². The maximum Gasteiger partial charge on any atom is 2.00 e. The van der Waals surface area contributed by atoms with Crippen LogP contribution in [0.1, 0.15) is 17.0 Å². The molecule has 47 heavy (non-hydrogen) atoms. The predicted molar refractivity (Wildman–Crippen MR) is 185 cm³/mol. The van der Waals surface area contributed by atoms with Gasteiger partial charge < -0.3 is 9.30 Å². The first-order chi connectivity index (χ1) is 22.5. The van der Waals surface area contributed by atoms with E-state index in [9.17, 15) is 0 Å². The Hall–Kier alpha value is -5.25. The second-order valence-electron chi connectivity index (χ2n) is 11.5. The number of aryl methyl sites for hydroxylation is 2. The van der Waals surface area contributed by atoms with Crippen LogP contribution in [0.3, 0.4) is 0 Å². The summed E-state index contributed by atoms with van der Waals surface area (Å²) in [6, 6.07) is 48.5. The fourth-order valence-electron chi connectivity index (χ4n) is 6.31. The summed E-state index contributed by atoms with van der Waals surface area (Å²) in [5, 5.41) is 7.08. The monoisotopic (exact) mass is 789 g/mol. The summed E-state index contributed by atoms with van der Waals surface area (Å²) in [6.45, 7) is 6.22. The summed E-state index contributed by atoms with van der Waals surface area (Å²) in [7, 11) is 0. The Kier molecular flexibility index (Phi) is 8.09. The minimum absolute atomic E-state index is 0. The van der Waals surface area contributed by atoms with Crippen molar-refractivity contribution in [2.24, 2.45) is 0 Å². The van der Waals surface area contributed by atoms with Gasteiger partial charge in [-0.05, 0) is 72.3 Å². The Morgan fingerprint density at radius 1 is 0.638 bits per heavy atom. The van der Waals surface area contributed by atoms with Crippen molar-refractivity contribution in [1.29, 1.82) is 0 Å². The van der Waals surface area contributed by atoms with E-state index in [4.69, 9.17) is 14.8 Å². The molecule has 5 nitrogen and oxygen atoms in total. The van der Waals surface area contributed by atoms with E-state index in [1.54, 1.807) is 0 Å². The third kappa shape index (κ3) is 5.58. The van der Waals surface area contributed by atoms with E-state index in [-0.39, 0.29) is 21.1 Å². The number of pyridine rings is 1. The minimum Gasteiger partial charge on any atom is -0.509 e. The van der Waals surface area contributed by atoms with Crippen molar-refractivity contribution >= 4 is 21.8 Å². The molecule has 0 aliphatic heterocycles. The molecule has 0 saturated carbocycles. The zero-order chi connectivity index (χ0) is 31.2. The number of benzene rings is 5. The number of hydrogen-bond acceptors (Lipinski definition) is 3. The van der Waals surface area contributed by atoms with Gasteiger partial charge in [-0.25, -0.2) is 4.98 Å². The van der Waals surface area contributed by atoms with Crippen molar-refractivity contribution in [2.45, 2.75) is 20.8 Å². The number of nitrogens with zero attached hydrogens (tertiary/aromatic N) is 4. The van der Waals surface area contributed by atoms with Gasteiger partial charge in [0.1, 0.15) is 5.82 Å². The molecule has 0 aliphatic rings. The maximum absolute atomic E-state index is 6.43. The summed E-state index contributed by atoms with van der Waals surface area (Å²) in [6.07, 6.45) is 1.85. The van der Waals surface area contributed by atoms with Gasteiger partial charge in [-0.3, -0.25) is 4.68 Å². The number of ether oxygens (including phenoxy) is 1. The smallest absolute Gasteiger partial charge is 0.509 e. The van der Waals surface area contributed by atoms with Crippen LogP contribution in [-0.2, 0) is 21.1 Å². The first kappa shape index (κ1) is 30.4. The predicted octanol–water partition coefficient (Wildman–Crippen LogP) is 10.0. The molecule has 230 valence electrons. The van der Waals surface area contributed by atoms with E-state index < -0.39 is 0 Å². The van der Waals surface area contributed by atoms with Crippen LogP contribution in [0.25, 0.3) is 55.6 Å².